The molecule has 0 aliphatic rings. The van der Waals surface area contributed by atoms with Crippen LogP contribution in [0.2, 0.25) is 0 Å². The van der Waals surface area contributed by atoms with Gasteiger partial charge in [-0.25, -0.2) is 18.2 Å². The van der Waals surface area contributed by atoms with Gasteiger partial charge in [0.2, 0.25) is 10.0 Å². The highest BCUT2D eigenvalue weighted by molar-refractivity contribution is 7.89. The summed E-state index contributed by atoms with van der Waals surface area (Å²) in [6.07, 6.45) is -4.14. The number of hydrogen-bond donors (Lipinski definition) is 1. The van der Waals surface area contributed by atoms with Gasteiger partial charge in [0.25, 0.3) is 0 Å². The predicted octanol–water partition coefficient (Wildman–Crippen LogP) is 2.74. The second-order valence-electron chi connectivity index (χ2n) is 5.57. The van der Waals surface area contributed by atoms with E-state index in [1.165, 1.54) is 28.9 Å². The number of sulfonamides is 1. The van der Waals surface area contributed by atoms with E-state index in [0.717, 1.165) is 6.07 Å². The highest BCUT2D eigenvalue weighted by Gasteiger charge is 2.35. The van der Waals surface area contributed by atoms with Gasteiger partial charge in [-0.2, -0.15) is 18.3 Å². The van der Waals surface area contributed by atoms with Crippen molar-refractivity contribution >= 4 is 10.0 Å². The lowest BCUT2D eigenvalue weighted by molar-refractivity contribution is -0.141. The van der Waals surface area contributed by atoms with Crippen molar-refractivity contribution in [3.63, 3.8) is 0 Å². The molecule has 0 spiro atoms. The second kappa shape index (κ2) is 5.97. The number of halogens is 3. The van der Waals surface area contributed by atoms with E-state index < -0.39 is 21.9 Å². The van der Waals surface area contributed by atoms with Gasteiger partial charge in [-0.1, -0.05) is 13.8 Å². The van der Waals surface area contributed by atoms with Gasteiger partial charge in [0.05, 0.1) is 10.6 Å². The Morgan fingerprint density at radius 2 is 1.78 bits per heavy atom. The number of hydrogen-bond acceptors (Lipinski definition) is 3. The van der Waals surface area contributed by atoms with Crippen molar-refractivity contribution in [2.75, 3.05) is 0 Å². The first-order valence-corrected chi connectivity index (χ1v) is 8.32. The van der Waals surface area contributed by atoms with Crippen LogP contribution in [0.5, 0.6) is 0 Å². The molecule has 0 saturated heterocycles. The standard InChI is InChI=1S/C14H16F3N3O2S/c1-9(2)7-11-8-13(14(15,16)17)19-20(11)10-3-5-12(6-4-10)23(18,21)22/h3-6,8-9H,7H2,1-2H3,(H2,18,21,22). The number of nitrogens with two attached hydrogens (primary N) is 1. The molecule has 2 N–H and O–H groups in total. The Hall–Kier alpha value is -1.87. The number of benzene rings is 1. The van der Waals surface area contributed by atoms with Gasteiger partial charge in [0.15, 0.2) is 5.69 Å². The molecule has 0 radical (unpaired) electrons. The van der Waals surface area contributed by atoms with Crippen molar-refractivity contribution in [2.45, 2.75) is 31.3 Å². The van der Waals surface area contributed by atoms with Crippen LogP contribution < -0.4 is 5.14 Å². The Morgan fingerprint density at radius 3 is 2.22 bits per heavy atom. The molecule has 0 aliphatic carbocycles. The molecule has 1 heterocycles. The van der Waals surface area contributed by atoms with E-state index in [0.29, 0.717) is 17.8 Å². The maximum Gasteiger partial charge on any atom is 0.435 e. The summed E-state index contributed by atoms with van der Waals surface area (Å²) in [6, 6.07) is 6.22. The van der Waals surface area contributed by atoms with Crippen LogP contribution in [-0.4, -0.2) is 18.2 Å². The maximum absolute atomic E-state index is 12.9. The van der Waals surface area contributed by atoms with Crippen LogP contribution in [0.1, 0.15) is 25.2 Å². The average molecular weight is 347 g/mol. The fraction of sp³-hybridized carbons (Fsp3) is 0.357. The van der Waals surface area contributed by atoms with E-state index in [2.05, 4.69) is 5.10 Å². The van der Waals surface area contributed by atoms with Crippen LogP contribution in [0.4, 0.5) is 13.2 Å². The van der Waals surface area contributed by atoms with Crippen molar-refractivity contribution < 1.29 is 21.6 Å². The van der Waals surface area contributed by atoms with Gasteiger partial charge in [-0.05, 0) is 42.7 Å². The topological polar surface area (TPSA) is 78.0 Å². The van der Waals surface area contributed by atoms with E-state index >= 15 is 0 Å². The highest BCUT2D eigenvalue weighted by atomic mass is 32.2. The van der Waals surface area contributed by atoms with Crippen molar-refractivity contribution in [3.8, 4) is 5.69 Å². The Kier molecular flexibility index (Phi) is 4.54. The largest absolute Gasteiger partial charge is 0.435 e. The Labute approximate surface area is 132 Å². The quantitative estimate of drug-likeness (QED) is 0.924. The van der Waals surface area contributed by atoms with Gasteiger partial charge in [-0.3, -0.25) is 0 Å². The summed E-state index contributed by atoms with van der Waals surface area (Å²) in [7, 11) is -3.86. The van der Waals surface area contributed by atoms with Gasteiger partial charge in [0.1, 0.15) is 0 Å². The third kappa shape index (κ3) is 4.11. The molecule has 0 unspecified atom stereocenters. The molecular formula is C14H16F3N3O2S. The van der Waals surface area contributed by atoms with Gasteiger partial charge in [0, 0.05) is 5.69 Å². The number of rotatable bonds is 4. The lowest BCUT2D eigenvalue weighted by Gasteiger charge is -2.09. The Bertz CT molecular complexity index is 794. The summed E-state index contributed by atoms with van der Waals surface area (Å²) in [5.74, 6) is 0.134. The normalized spacial score (nSPS) is 12.8. The van der Waals surface area contributed by atoms with Crippen LogP contribution >= 0.6 is 0 Å². The predicted molar refractivity (Wildman–Crippen MR) is 78.5 cm³/mol. The minimum absolute atomic E-state index is 0.116. The molecule has 9 heteroatoms. The molecular weight excluding hydrogens is 331 g/mol. The summed E-state index contributed by atoms with van der Waals surface area (Å²) < 4.78 is 62.3. The molecule has 0 bridgehead atoms. The molecule has 2 aromatic rings. The Morgan fingerprint density at radius 1 is 1.22 bits per heavy atom. The summed E-state index contributed by atoms with van der Waals surface area (Å²) in [6.45, 7) is 3.77. The smallest absolute Gasteiger partial charge is 0.237 e. The zero-order valence-corrected chi connectivity index (χ0v) is 13.3. The van der Waals surface area contributed by atoms with E-state index in [4.69, 9.17) is 5.14 Å². The van der Waals surface area contributed by atoms with Crippen molar-refractivity contribution in [2.24, 2.45) is 11.1 Å². The molecule has 0 atom stereocenters. The first-order valence-electron chi connectivity index (χ1n) is 6.78. The minimum Gasteiger partial charge on any atom is -0.237 e. The molecule has 5 nitrogen and oxygen atoms in total. The van der Waals surface area contributed by atoms with E-state index in [-0.39, 0.29) is 10.8 Å². The molecule has 1 aromatic carbocycles. The van der Waals surface area contributed by atoms with Crippen LogP contribution in [0.25, 0.3) is 5.69 Å². The lowest BCUT2D eigenvalue weighted by Crippen LogP contribution is -2.12. The molecule has 0 amide bonds. The third-order valence-electron chi connectivity index (χ3n) is 3.10. The van der Waals surface area contributed by atoms with Crippen LogP contribution in [-0.2, 0) is 22.6 Å². The van der Waals surface area contributed by atoms with Crippen LogP contribution in [0, 0.1) is 5.92 Å². The van der Waals surface area contributed by atoms with Crippen molar-refractivity contribution in [1.82, 2.24) is 9.78 Å². The first-order chi connectivity index (χ1) is 10.5. The molecule has 0 saturated carbocycles. The average Bonchev–Trinajstić information content (AvgIpc) is 2.81. The number of aromatic nitrogens is 2. The second-order valence-corrected chi connectivity index (χ2v) is 7.13. The molecule has 126 valence electrons. The van der Waals surface area contributed by atoms with E-state index in [9.17, 15) is 21.6 Å². The fourth-order valence-electron chi connectivity index (χ4n) is 2.12. The van der Waals surface area contributed by atoms with E-state index in [1.54, 1.807) is 0 Å². The van der Waals surface area contributed by atoms with Crippen molar-refractivity contribution in [1.29, 1.82) is 0 Å². The van der Waals surface area contributed by atoms with Gasteiger partial charge < -0.3 is 0 Å². The van der Waals surface area contributed by atoms with Crippen LogP contribution in [0.15, 0.2) is 35.2 Å². The molecule has 2 rings (SSSR count). The van der Waals surface area contributed by atoms with Crippen molar-refractivity contribution in [3.05, 3.63) is 41.7 Å². The summed E-state index contributed by atoms with van der Waals surface area (Å²) in [5, 5.41) is 8.61. The van der Waals surface area contributed by atoms with E-state index in [1.807, 2.05) is 13.8 Å². The Balaban J connectivity index is 2.50. The summed E-state index contributed by atoms with van der Waals surface area (Å²) in [5.41, 5.74) is -0.247. The van der Waals surface area contributed by atoms with Gasteiger partial charge >= 0.3 is 6.18 Å². The zero-order valence-electron chi connectivity index (χ0n) is 12.5. The van der Waals surface area contributed by atoms with Gasteiger partial charge in [-0.15, -0.1) is 0 Å². The SMILES string of the molecule is CC(C)Cc1cc(C(F)(F)F)nn1-c1ccc(S(N)(=O)=O)cc1. The number of primary sulfonamides is 1. The molecule has 0 fully saturated rings. The molecule has 23 heavy (non-hydrogen) atoms. The fourth-order valence-corrected chi connectivity index (χ4v) is 2.64. The number of alkyl halides is 3. The highest BCUT2D eigenvalue weighted by Crippen LogP contribution is 2.30. The monoisotopic (exact) mass is 347 g/mol. The molecule has 0 aliphatic heterocycles. The summed E-state index contributed by atoms with van der Waals surface area (Å²) in [4.78, 5) is -0.116. The zero-order chi connectivity index (χ0) is 17.4. The maximum atomic E-state index is 12.9. The number of nitrogens with zero attached hydrogens (tertiary/aromatic N) is 2. The first kappa shape index (κ1) is 17.5. The van der Waals surface area contributed by atoms with Crippen LogP contribution in [0.3, 0.4) is 0 Å². The minimum atomic E-state index is -4.54. The summed E-state index contributed by atoms with van der Waals surface area (Å²) >= 11 is 0. The lowest BCUT2D eigenvalue weighted by atomic mass is 10.1. The molecule has 1 aromatic heterocycles. The third-order valence-corrected chi connectivity index (χ3v) is 4.03.